The fourth-order valence-corrected chi connectivity index (χ4v) is 3.43. The van der Waals surface area contributed by atoms with Gasteiger partial charge in [-0.05, 0) is 32.6 Å². The summed E-state index contributed by atoms with van der Waals surface area (Å²) < 4.78 is 0. The minimum atomic E-state index is -0.377. The van der Waals surface area contributed by atoms with Gasteiger partial charge in [-0.3, -0.25) is 14.5 Å². The lowest BCUT2D eigenvalue weighted by molar-refractivity contribution is -0.141. The van der Waals surface area contributed by atoms with Crippen LogP contribution in [0.1, 0.15) is 64.7 Å². The lowest BCUT2D eigenvalue weighted by Crippen LogP contribution is -2.36. The molecule has 4 nitrogen and oxygen atoms in total. The van der Waals surface area contributed by atoms with Crippen molar-refractivity contribution in [3.63, 3.8) is 0 Å². The summed E-state index contributed by atoms with van der Waals surface area (Å²) in [6, 6.07) is 0. The van der Waals surface area contributed by atoms with E-state index in [9.17, 15) is 14.7 Å². The van der Waals surface area contributed by atoms with Gasteiger partial charge in [-0.15, -0.1) is 0 Å². The van der Waals surface area contributed by atoms with Gasteiger partial charge in [0.25, 0.3) is 0 Å². The third kappa shape index (κ3) is 3.16. The summed E-state index contributed by atoms with van der Waals surface area (Å²) in [4.78, 5) is 26.1. The van der Waals surface area contributed by atoms with Gasteiger partial charge in [-0.2, -0.15) is 0 Å². The fourth-order valence-electron chi connectivity index (χ4n) is 3.43. The number of imide groups is 1. The molecule has 1 atom stereocenters. The summed E-state index contributed by atoms with van der Waals surface area (Å²) in [5, 5.41) is 9.25. The Labute approximate surface area is 115 Å². The highest BCUT2D eigenvalue weighted by molar-refractivity contribution is 6.05. The van der Waals surface area contributed by atoms with Crippen LogP contribution in [0.25, 0.3) is 0 Å². The van der Waals surface area contributed by atoms with Crippen LogP contribution < -0.4 is 0 Å². The SMILES string of the molecule is CC(O)CCCN1C(=O)CC2(CCCCCC2)C1=O. The van der Waals surface area contributed by atoms with E-state index in [1.165, 1.54) is 17.7 Å². The van der Waals surface area contributed by atoms with E-state index in [0.29, 0.717) is 25.8 Å². The van der Waals surface area contributed by atoms with Crippen molar-refractivity contribution in [3.05, 3.63) is 0 Å². The van der Waals surface area contributed by atoms with E-state index in [1.807, 2.05) is 0 Å². The fraction of sp³-hybridized carbons (Fsp3) is 0.867. The van der Waals surface area contributed by atoms with Crippen LogP contribution in [-0.2, 0) is 9.59 Å². The Morgan fingerprint density at radius 3 is 2.42 bits per heavy atom. The maximum Gasteiger partial charge on any atom is 0.235 e. The zero-order valence-electron chi connectivity index (χ0n) is 11.9. The molecule has 1 spiro atoms. The third-order valence-corrected chi connectivity index (χ3v) is 4.55. The van der Waals surface area contributed by atoms with Gasteiger partial charge in [-0.25, -0.2) is 0 Å². The number of rotatable bonds is 4. The molecule has 1 unspecified atom stereocenters. The average Bonchev–Trinajstić information content (AvgIpc) is 2.55. The largest absolute Gasteiger partial charge is 0.393 e. The molecule has 2 rings (SSSR count). The number of aliphatic hydroxyl groups is 1. The van der Waals surface area contributed by atoms with Crippen LogP contribution >= 0.6 is 0 Å². The number of carbonyl (C=O) groups excluding carboxylic acids is 2. The number of likely N-dealkylation sites (tertiary alicyclic amines) is 1. The van der Waals surface area contributed by atoms with Crippen molar-refractivity contribution in [1.29, 1.82) is 0 Å². The Hall–Kier alpha value is -0.900. The molecule has 0 aromatic heterocycles. The van der Waals surface area contributed by atoms with Gasteiger partial charge in [0.1, 0.15) is 0 Å². The van der Waals surface area contributed by atoms with Crippen LogP contribution in [0.2, 0.25) is 0 Å². The van der Waals surface area contributed by atoms with Gasteiger partial charge in [0, 0.05) is 13.0 Å². The molecule has 1 N–H and O–H groups in total. The Morgan fingerprint density at radius 2 is 1.84 bits per heavy atom. The minimum absolute atomic E-state index is 0.00232. The maximum atomic E-state index is 12.6. The smallest absolute Gasteiger partial charge is 0.235 e. The predicted molar refractivity (Wildman–Crippen MR) is 72.4 cm³/mol. The number of hydrogen-bond donors (Lipinski definition) is 1. The van der Waals surface area contributed by atoms with E-state index in [4.69, 9.17) is 0 Å². The molecule has 2 fully saturated rings. The summed E-state index contributed by atoms with van der Waals surface area (Å²) in [6.45, 7) is 2.21. The first kappa shape index (κ1) is 14.5. The van der Waals surface area contributed by atoms with Crippen molar-refractivity contribution >= 4 is 11.8 Å². The van der Waals surface area contributed by atoms with Crippen LogP contribution in [0.3, 0.4) is 0 Å². The number of amides is 2. The second-order valence-electron chi connectivity index (χ2n) is 6.21. The minimum Gasteiger partial charge on any atom is -0.393 e. The number of aliphatic hydroxyl groups excluding tert-OH is 1. The molecule has 108 valence electrons. The quantitative estimate of drug-likeness (QED) is 0.795. The van der Waals surface area contributed by atoms with Gasteiger partial charge in [0.15, 0.2) is 0 Å². The summed E-state index contributed by atoms with van der Waals surface area (Å²) in [7, 11) is 0. The molecule has 4 heteroatoms. The van der Waals surface area contributed by atoms with Gasteiger partial charge in [0.2, 0.25) is 11.8 Å². The van der Waals surface area contributed by atoms with Gasteiger partial charge in [0.05, 0.1) is 11.5 Å². The Balaban J connectivity index is 1.98. The first-order valence-electron chi connectivity index (χ1n) is 7.58. The van der Waals surface area contributed by atoms with Crippen LogP contribution in [0.15, 0.2) is 0 Å². The highest BCUT2D eigenvalue weighted by Crippen LogP contribution is 2.44. The van der Waals surface area contributed by atoms with Crippen molar-refractivity contribution in [2.45, 2.75) is 70.8 Å². The molecule has 1 aliphatic carbocycles. The van der Waals surface area contributed by atoms with E-state index in [0.717, 1.165) is 25.7 Å². The number of carbonyl (C=O) groups is 2. The molecule has 19 heavy (non-hydrogen) atoms. The molecule has 1 saturated carbocycles. The predicted octanol–water partition coefficient (Wildman–Crippen LogP) is 2.25. The van der Waals surface area contributed by atoms with Crippen LogP contribution in [0.5, 0.6) is 0 Å². The Kier molecular flexibility index (Phi) is 4.61. The van der Waals surface area contributed by atoms with Gasteiger partial charge < -0.3 is 5.11 Å². The summed E-state index contributed by atoms with van der Waals surface area (Å²) in [5.74, 6) is 0.0579. The summed E-state index contributed by atoms with van der Waals surface area (Å²) >= 11 is 0. The molecule has 0 aromatic carbocycles. The highest BCUT2D eigenvalue weighted by Gasteiger charge is 2.50. The van der Waals surface area contributed by atoms with E-state index in [2.05, 4.69) is 0 Å². The first-order valence-corrected chi connectivity index (χ1v) is 7.58. The van der Waals surface area contributed by atoms with Crippen molar-refractivity contribution in [2.24, 2.45) is 5.41 Å². The van der Waals surface area contributed by atoms with Crippen molar-refractivity contribution in [1.82, 2.24) is 4.90 Å². The van der Waals surface area contributed by atoms with E-state index in [-0.39, 0.29) is 23.3 Å². The molecule has 1 saturated heterocycles. The Morgan fingerprint density at radius 1 is 1.21 bits per heavy atom. The summed E-state index contributed by atoms with van der Waals surface area (Å²) in [5.41, 5.74) is -0.377. The number of hydrogen-bond acceptors (Lipinski definition) is 3. The van der Waals surface area contributed by atoms with Crippen molar-refractivity contribution in [2.75, 3.05) is 6.54 Å². The zero-order chi connectivity index (χ0) is 13.9. The number of nitrogens with zero attached hydrogens (tertiary/aromatic N) is 1. The highest BCUT2D eigenvalue weighted by atomic mass is 16.3. The van der Waals surface area contributed by atoms with E-state index >= 15 is 0 Å². The van der Waals surface area contributed by atoms with Crippen LogP contribution in [0.4, 0.5) is 0 Å². The molecule has 2 aliphatic rings. The topological polar surface area (TPSA) is 57.6 Å². The second-order valence-corrected chi connectivity index (χ2v) is 6.21. The molecule has 0 radical (unpaired) electrons. The second kappa shape index (κ2) is 6.04. The van der Waals surface area contributed by atoms with Crippen molar-refractivity contribution < 1.29 is 14.7 Å². The summed E-state index contributed by atoms with van der Waals surface area (Å²) in [6.07, 6.45) is 7.67. The van der Waals surface area contributed by atoms with Crippen molar-refractivity contribution in [3.8, 4) is 0 Å². The third-order valence-electron chi connectivity index (χ3n) is 4.55. The molecular formula is C15H25NO3. The Bertz CT molecular complexity index is 343. The molecular weight excluding hydrogens is 242 g/mol. The van der Waals surface area contributed by atoms with Gasteiger partial charge in [-0.1, -0.05) is 25.7 Å². The molecule has 1 heterocycles. The standard InChI is InChI=1S/C15H25NO3/c1-12(17)7-6-10-16-13(18)11-15(14(16)19)8-4-2-3-5-9-15/h12,17H,2-11H2,1H3. The molecule has 2 amide bonds. The lowest BCUT2D eigenvalue weighted by Gasteiger charge is -2.25. The molecule has 1 aliphatic heterocycles. The van der Waals surface area contributed by atoms with Crippen LogP contribution in [0, 0.1) is 5.41 Å². The van der Waals surface area contributed by atoms with Crippen LogP contribution in [-0.4, -0.2) is 34.5 Å². The van der Waals surface area contributed by atoms with E-state index in [1.54, 1.807) is 6.92 Å². The monoisotopic (exact) mass is 267 g/mol. The zero-order valence-corrected chi connectivity index (χ0v) is 11.9. The molecule has 0 aromatic rings. The maximum absolute atomic E-state index is 12.6. The lowest BCUT2D eigenvalue weighted by atomic mass is 9.79. The van der Waals surface area contributed by atoms with Gasteiger partial charge >= 0.3 is 0 Å². The molecule has 0 bridgehead atoms. The van der Waals surface area contributed by atoms with E-state index < -0.39 is 0 Å². The first-order chi connectivity index (χ1) is 9.05. The normalized spacial score (nSPS) is 24.8. The average molecular weight is 267 g/mol.